The number of carbonyl (C=O) groups is 1. The maximum atomic E-state index is 13.6. The molecule has 5 atom stereocenters. The lowest BCUT2D eigenvalue weighted by Gasteiger charge is -2.25. The van der Waals surface area contributed by atoms with E-state index in [1.54, 1.807) is 32.0 Å². The van der Waals surface area contributed by atoms with Crippen LogP contribution in [-0.4, -0.2) is 55.9 Å². The number of para-hydroxylation sites is 1. The molecule has 0 spiro atoms. The summed E-state index contributed by atoms with van der Waals surface area (Å²) in [5.41, 5.74) is 4.70. The first-order valence-corrected chi connectivity index (χ1v) is 13.2. The van der Waals surface area contributed by atoms with Crippen LogP contribution in [0.3, 0.4) is 0 Å². The number of halogens is 2. The number of rotatable bonds is 10. The Bertz CT molecular complexity index is 1170. The van der Waals surface area contributed by atoms with Gasteiger partial charge in [-0.15, -0.1) is 0 Å². The molecule has 0 bridgehead atoms. The molecular formula is C21H27Cl2N4O8P. The number of alkyl halides is 2. The summed E-state index contributed by atoms with van der Waals surface area (Å²) in [6.45, 7) is 4.22. The van der Waals surface area contributed by atoms with Crippen molar-refractivity contribution in [1.82, 2.24) is 14.6 Å². The number of nitrogen functional groups attached to an aromatic ring is 1. The molecule has 2 heterocycles. The average Bonchev–Trinajstić information content (AvgIpc) is 3.01. The number of ether oxygens (including phenoxy) is 2. The monoisotopic (exact) mass is 564 g/mol. The SMILES string of the molecule is CC(C)OC(=O)[C@@H](C)NP(=O)(OC[C@H]1O[C@@H](n2ccc(N)nc2=O)C(Cl)(Cl)[C@@H]1O)Oc1ccccc1. The van der Waals surface area contributed by atoms with Crippen molar-refractivity contribution in [1.29, 1.82) is 0 Å². The normalized spacial score (nSPS) is 23.7. The number of hydrogen-bond acceptors (Lipinski definition) is 10. The van der Waals surface area contributed by atoms with Crippen molar-refractivity contribution >= 4 is 42.7 Å². The third kappa shape index (κ3) is 6.77. The molecule has 36 heavy (non-hydrogen) atoms. The van der Waals surface area contributed by atoms with Crippen molar-refractivity contribution < 1.29 is 33.0 Å². The van der Waals surface area contributed by atoms with Gasteiger partial charge in [-0.25, -0.2) is 9.36 Å². The minimum Gasteiger partial charge on any atom is -0.462 e. The van der Waals surface area contributed by atoms with Crippen LogP contribution in [0.2, 0.25) is 0 Å². The fourth-order valence-corrected chi connectivity index (χ4v) is 5.31. The fourth-order valence-electron chi connectivity index (χ4n) is 3.22. The van der Waals surface area contributed by atoms with Crippen molar-refractivity contribution in [2.45, 2.75) is 55.7 Å². The van der Waals surface area contributed by atoms with Gasteiger partial charge >= 0.3 is 19.4 Å². The Morgan fingerprint density at radius 1 is 1.31 bits per heavy atom. The number of hydrogen-bond donors (Lipinski definition) is 3. The average molecular weight is 565 g/mol. The number of aliphatic hydroxyl groups is 1. The van der Waals surface area contributed by atoms with Crippen LogP contribution < -0.4 is 21.0 Å². The van der Waals surface area contributed by atoms with E-state index >= 15 is 0 Å². The minimum absolute atomic E-state index is 0.0281. The Kier molecular flexibility index (Phi) is 9.05. The number of aliphatic hydroxyl groups excluding tert-OH is 1. The number of benzene rings is 1. The Hall–Kier alpha value is -2.18. The lowest BCUT2D eigenvalue weighted by Crippen LogP contribution is -2.40. The summed E-state index contributed by atoms with van der Waals surface area (Å²) in [5.74, 6) is -0.523. The van der Waals surface area contributed by atoms with Crippen molar-refractivity contribution in [3.8, 4) is 5.75 Å². The number of aromatic nitrogens is 2. The molecule has 3 rings (SSSR count). The topological polar surface area (TPSA) is 164 Å². The molecule has 1 aromatic carbocycles. The van der Waals surface area contributed by atoms with Crippen LogP contribution >= 0.6 is 30.9 Å². The second-order valence-electron chi connectivity index (χ2n) is 8.22. The third-order valence-corrected chi connectivity index (χ3v) is 7.38. The summed E-state index contributed by atoms with van der Waals surface area (Å²) in [6, 6.07) is 8.35. The zero-order chi connectivity index (χ0) is 26.7. The first kappa shape index (κ1) is 28.4. The Labute approximate surface area is 217 Å². The molecule has 1 saturated heterocycles. The highest BCUT2D eigenvalue weighted by atomic mass is 35.5. The molecule has 4 N–H and O–H groups in total. The standard InChI is InChI=1S/C21H27Cl2N4O8P/c1-12(2)33-18(29)13(3)26-36(31,35-14-7-5-4-6-8-14)32-11-15-17(28)21(22,23)19(34-15)27-10-9-16(24)25-20(27)30/h4-10,12-13,15,17,19,28H,11H2,1-3H3,(H,26,31)(H2,24,25,30)/t13-,15-,17-,19-,36?/m1/s1. The van der Waals surface area contributed by atoms with Crippen molar-refractivity contribution in [3.05, 3.63) is 53.1 Å². The smallest absolute Gasteiger partial charge is 0.459 e. The first-order chi connectivity index (χ1) is 16.8. The van der Waals surface area contributed by atoms with Gasteiger partial charge in [0, 0.05) is 6.20 Å². The van der Waals surface area contributed by atoms with E-state index in [2.05, 4.69) is 10.1 Å². The van der Waals surface area contributed by atoms with Gasteiger partial charge < -0.3 is 24.8 Å². The van der Waals surface area contributed by atoms with Crippen LogP contribution in [0.5, 0.6) is 5.75 Å². The van der Waals surface area contributed by atoms with Crippen LogP contribution in [0.1, 0.15) is 27.0 Å². The summed E-state index contributed by atoms with van der Waals surface area (Å²) in [4.78, 5) is 28.1. The van der Waals surface area contributed by atoms with Crippen LogP contribution in [0.4, 0.5) is 5.82 Å². The number of anilines is 1. The highest BCUT2D eigenvalue weighted by Crippen LogP contribution is 2.49. The molecule has 1 unspecified atom stereocenters. The zero-order valence-electron chi connectivity index (χ0n) is 19.6. The molecule has 2 aromatic rings. The molecule has 0 amide bonds. The van der Waals surface area contributed by atoms with Gasteiger partial charge in [0.2, 0.25) is 0 Å². The lowest BCUT2D eigenvalue weighted by atomic mass is 10.2. The van der Waals surface area contributed by atoms with E-state index in [0.717, 1.165) is 4.57 Å². The van der Waals surface area contributed by atoms with Gasteiger partial charge in [0.05, 0.1) is 12.7 Å². The van der Waals surface area contributed by atoms with Gasteiger partial charge in [-0.2, -0.15) is 10.1 Å². The number of nitrogens with two attached hydrogens (primary N) is 1. The molecular weight excluding hydrogens is 538 g/mol. The molecule has 1 aliphatic rings. The molecule has 0 aliphatic carbocycles. The van der Waals surface area contributed by atoms with Crippen LogP contribution in [0.25, 0.3) is 0 Å². The van der Waals surface area contributed by atoms with E-state index in [1.165, 1.54) is 31.3 Å². The summed E-state index contributed by atoms with van der Waals surface area (Å²) in [5, 5.41) is 13.2. The van der Waals surface area contributed by atoms with Gasteiger partial charge in [-0.3, -0.25) is 13.9 Å². The van der Waals surface area contributed by atoms with E-state index in [1.807, 2.05) is 0 Å². The third-order valence-electron chi connectivity index (χ3n) is 4.92. The molecule has 0 saturated carbocycles. The Morgan fingerprint density at radius 2 is 1.97 bits per heavy atom. The minimum atomic E-state index is -4.25. The van der Waals surface area contributed by atoms with Crippen molar-refractivity contribution in [2.75, 3.05) is 12.3 Å². The largest absolute Gasteiger partial charge is 0.462 e. The number of esters is 1. The quantitative estimate of drug-likeness (QED) is 0.220. The van der Waals surface area contributed by atoms with Gasteiger partial charge in [-0.05, 0) is 39.0 Å². The summed E-state index contributed by atoms with van der Waals surface area (Å²) in [7, 11) is -4.25. The molecule has 0 radical (unpaired) electrons. The van der Waals surface area contributed by atoms with Gasteiger partial charge in [0.15, 0.2) is 10.6 Å². The van der Waals surface area contributed by atoms with Crippen molar-refractivity contribution in [2.24, 2.45) is 0 Å². The second kappa shape index (κ2) is 11.5. The predicted octanol–water partition coefficient (Wildman–Crippen LogP) is 2.39. The Morgan fingerprint density at radius 3 is 2.58 bits per heavy atom. The molecule has 198 valence electrons. The van der Waals surface area contributed by atoms with Crippen molar-refractivity contribution in [3.63, 3.8) is 0 Å². The second-order valence-corrected chi connectivity index (χ2v) is 11.4. The van der Waals surface area contributed by atoms with Gasteiger partial charge in [0.1, 0.15) is 29.8 Å². The van der Waals surface area contributed by atoms with Crippen LogP contribution in [0, 0.1) is 0 Å². The van der Waals surface area contributed by atoms with E-state index in [-0.39, 0.29) is 11.6 Å². The highest BCUT2D eigenvalue weighted by Gasteiger charge is 2.56. The molecule has 1 fully saturated rings. The predicted molar refractivity (Wildman–Crippen MR) is 132 cm³/mol. The summed E-state index contributed by atoms with van der Waals surface area (Å²) < 4.78 is 34.5. The van der Waals surface area contributed by atoms with E-state index in [9.17, 15) is 19.3 Å². The number of nitrogens with one attached hydrogen (secondary N) is 1. The lowest BCUT2D eigenvalue weighted by molar-refractivity contribution is -0.149. The maximum absolute atomic E-state index is 13.6. The van der Waals surface area contributed by atoms with Crippen LogP contribution in [0.15, 0.2) is 47.4 Å². The van der Waals surface area contributed by atoms with Crippen LogP contribution in [-0.2, 0) is 23.4 Å². The number of nitrogens with zero attached hydrogens (tertiary/aromatic N) is 2. The first-order valence-electron chi connectivity index (χ1n) is 10.9. The molecule has 12 nitrogen and oxygen atoms in total. The summed E-state index contributed by atoms with van der Waals surface area (Å²) in [6.07, 6.45) is -3.33. The molecule has 15 heteroatoms. The number of carbonyl (C=O) groups excluding carboxylic acids is 1. The fraction of sp³-hybridized carbons (Fsp3) is 0.476. The zero-order valence-corrected chi connectivity index (χ0v) is 22.0. The van der Waals surface area contributed by atoms with E-state index < -0.39 is 60.9 Å². The highest BCUT2D eigenvalue weighted by molar-refractivity contribution is 7.52. The molecule has 1 aromatic heterocycles. The van der Waals surface area contributed by atoms with E-state index in [4.69, 9.17) is 47.5 Å². The van der Waals surface area contributed by atoms with E-state index in [0.29, 0.717) is 0 Å². The summed E-state index contributed by atoms with van der Waals surface area (Å²) >= 11 is 12.6. The maximum Gasteiger partial charge on any atom is 0.459 e. The Balaban J connectivity index is 1.79. The van der Waals surface area contributed by atoms with Gasteiger partial charge in [-0.1, -0.05) is 41.4 Å². The van der Waals surface area contributed by atoms with Gasteiger partial charge in [0.25, 0.3) is 0 Å². The molecule has 1 aliphatic heterocycles.